The molecule has 1 aromatic carbocycles. The molecule has 0 saturated heterocycles. The van der Waals surface area contributed by atoms with Crippen LogP contribution in [0.15, 0.2) is 30.9 Å². The smallest absolute Gasteiger partial charge is 0.0239 e. The first-order chi connectivity index (χ1) is 6.31. The Balaban J connectivity index is 2.24. The van der Waals surface area contributed by atoms with Crippen molar-refractivity contribution in [2.45, 2.75) is 26.2 Å². The third-order valence-corrected chi connectivity index (χ3v) is 3.01. The third kappa shape index (κ3) is 1.53. The van der Waals surface area contributed by atoms with Gasteiger partial charge in [0.15, 0.2) is 0 Å². The quantitative estimate of drug-likeness (QED) is 0.600. The molecule has 1 atom stereocenters. The lowest BCUT2D eigenvalue weighted by Gasteiger charge is -2.03. The summed E-state index contributed by atoms with van der Waals surface area (Å²) in [6.07, 6.45) is 5.72. The minimum Gasteiger partial charge on any atom is -0.103 e. The van der Waals surface area contributed by atoms with Gasteiger partial charge in [-0.05, 0) is 48.8 Å². The maximum Gasteiger partial charge on any atom is -0.0239 e. The second kappa shape index (κ2) is 3.37. The van der Waals surface area contributed by atoms with Crippen LogP contribution >= 0.6 is 0 Å². The lowest BCUT2D eigenvalue weighted by molar-refractivity contribution is 0.571. The molecular weight excluding hydrogens is 156 g/mol. The zero-order chi connectivity index (χ0) is 9.26. The average molecular weight is 172 g/mol. The third-order valence-electron chi connectivity index (χ3n) is 3.01. The van der Waals surface area contributed by atoms with E-state index in [4.69, 9.17) is 0 Å². The minimum absolute atomic E-state index is 0.814. The maximum atomic E-state index is 3.81. The predicted molar refractivity (Wildman–Crippen MR) is 56.9 cm³/mol. The maximum absolute atomic E-state index is 3.81. The normalized spacial score (nSPS) is 19.9. The zero-order valence-corrected chi connectivity index (χ0v) is 8.22. The SMILES string of the molecule is C=CCC1Cc2cccc(C)c2C1. The standard InChI is InChI=1S/C13H16/c1-3-5-11-8-12-7-4-6-10(2)13(12)9-11/h3-4,6-7,11H,1,5,8-9H2,2H3. The van der Waals surface area contributed by atoms with Crippen LogP contribution in [-0.2, 0) is 12.8 Å². The van der Waals surface area contributed by atoms with Crippen molar-refractivity contribution in [3.8, 4) is 0 Å². The Labute approximate surface area is 80.3 Å². The molecule has 0 radical (unpaired) electrons. The van der Waals surface area contributed by atoms with Gasteiger partial charge in [0.05, 0.1) is 0 Å². The van der Waals surface area contributed by atoms with E-state index < -0.39 is 0 Å². The molecule has 0 amide bonds. The number of fused-ring (bicyclic) bond motifs is 1. The predicted octanol–water partition coefficient (Wildman–Crippen LogP) is 3.29. The molecule has 0 heterocycles. The van der Waals surface area contributed by atoms with E-state index in [9.17, 15) is 0 Å². The highest BCUT2D eigenvalue weighted by atomic mass is 14.3. The lowest BCUT2D eigenvalue weighted by Crippen LogP contribution is -1.96. The first kappa shape index (κ1) is 8.55. The molecule has 0 N–H and O–H groups in total. The van der Waals surface area contributed by atoms with Gasteiger partial charge in [-0.15, -0.1) is 6.58 Å². The summed E-state index contributed by atoms with van der Waals surface area (Å²) in [5, 5.41) is 0. The summed E-state index contributed by atoms with van der Waals surface area (Å²) >= 11 is 0. The van der Waals surface area contributed by atoms with E-state index >= 15 is 0 Å². The molecule has 0 aliphatic heterocycles. The van der Waals surface area contributed by atoms with Crippen LogP contribution in [0.1, 0.15) is 23.1 Å². The highest BCUT2D eigenvalue weighted by molar-refractivity contribution is 5.38. The summed E-state index contributed by atoms with van der Waals surface area (Å²) in [4.78, 5) is 0. The molecule has 0 bridgehead atoms. The zero-order valence-electron chi connectivity index (χ0n) is 8.22. The van der Waals surface area contributed by atoms with Gasteiger partial charge in [-0.2, -0.15) is 0 Å². The fraction of sp³-hybridized carbons (Fsp3) is 0.385. The van der Waals surface area contributed by atoms with Crippen molar-refractivity contribution in [3.63, 3.8) is 0 Å². The minimum atomic E-state index is 0.814. The van der Waals surface area contributed by atoms with Crippen molar-refractivity contribution >= 4 is 0 Å². The average Bonchev–Trinajstić information content (AvgIpc) is 2.49. The first-order valence-corrected chi connectivity index (χ1v) is 4.99. The van der Waals surface area contributed by atoms with Crippen LogP contribution in [0.25, 0.3) is 0 Å². The molecule has 0 aromatic heterocycles. The van der Waals surface area contributed by atoms with Crippen LogP contribution in [-0.4, -0.2) is 0 Å². The summed E-state index contributed by atoms with van der Waals surface area (Å²) in [7, 11) is 0. The number of hydrogen-bond donors (Lipinski definition) is 0. The summed E-state index contributed by atoms with van der Waals surface area (Å²) in [5.41, 5.74) is 4.62. The van der Waals surface area contributed by atoms with Crippen molar-refractivity contribution in [2.24, 2.45) is 5.92 Å². The molecule has 0 fully saturated rings. The van der Waals surface area contributed by atoms with Crippen LogP contribution in [0.2, 0.25) is 0 Å². The molecule has 68 valence electrons. The van der Waals surface area contributed by atoms with E-state index in [0.717, 1.165) is 12.3 Å². The molecule has 13 heavy (non-hydrogen) atoms. The number of allylic oxidation sites excluding steroid dienone is 1. The Kier molecular flexibility index (Phi) is 2.22. The van der Waals surface area contributed by atoms with E-state index in [1.807, 2.05) is 6.08 Å². The topological polar surface area (TPSA) is 0 Å². The Morgan fingerprint density at radius 1 is 1.46 bits per heavy atom. The molecule has 0 saturated carbocycles. The molecule has 0 spiro atoms. The van der Waals surface area contributed by atoms with Crippen molar-refractivity contribution in [3.05, 3.63) is 47.5 Å². The van der Waals surface area contributed by atoms with E-state index in [1.54, 1.807) is 11.1 Å². The monoisotopic (exact) mass is 172 g/mol. The van der Waals surface area contributed by atoms with Gasteiger partial charge in [0.2, 0.25) is 0 Å². The van der Waals surface area contributed by atoms with Crippen LogP contribution in [0.3, 0.4) is 0 Å². The van der Waals surface area contributed by atoms with Gasteiger partial charge in [-0.3, -0.25) is 0 Å². The van der Waals surface area contributed by atoms with Gasteiger partial charge >= 0.3 is 0 Å². The summed E-state index contributed by atoms with van der Waals surface area (Å²) in [5.74, 6) is 0.814. The number of benzene rings is 1. The number of hydrogen-bond acceptors (Lipinski definition) is 0. The number of aryl methyl sites for hydroxylation is 1. The van der Waals surface area contributed by atoms with Crippen LogP contribution < -0.4 is 0 Å². The second-order valence-electron chi connectivity index (χ2n) is 4.01. The van der Waals surface area contributed by atoms with Crippen LogP contribution in [0, 0.1) is 12.8 Å². The highest BCUT2D eigenvalue weighted by Crippen LogP contribution is 2.30. The van der Waals surface area contributed by atoms with Gasteiger partial charge in [-0.1, -0.05) is 24.3 Å². The van der Waals surface area contributed by atoms with Gasteiger partial charge in [0.1, 0.15) is 0 Å². The molecule has 1 aromatic rings. The molecule has 1 unspecified atom stereocenters. The molecule has 2 rings (SSSR count). The fourth-order valence-corrected chi connectivity index (χ4v) is 2.32. The summed E-state index contributed by atoms with van der Waals surface area (Å²) in [6.45, 7) is 6.03. The number of rotatable bonds is 2. The summed E-state index contributed by atoms with van der Waals surface area (Å²) < 4.78 is 0. The Bertz CT molecular complexity index is 323. The van der Waals surface area contributed by atoms with Gasteiger partial charge in [0.25, 0.3) is 0 Å². The Morgan fingerprint density at radius 3 is 3.00 bits per heavy atom. The van der Waals surface area contributed by atoms with Gasteiger partial charge < -0.3 is 0 Å². The molecule has 1 aliphatic rings. The van der Waals surface area contributed by atoms with Crippen molar-refractivity contribution in [1.29, 1.82) is 0 Å². The van der Waals surface area contributed by atoms with Gasteiger partial charge in [-0.25, -0.2) is 0 Å². The van der Waals surface area contributed by atoms with E-state index in [0.29, 0.717) is 0 Å². The second-order valence-corrected chi connectivity index (χ2v) is 4.01. The van der Waals surface area contributed by atoms with Crippen molar-refractivity contribution < 1.29 is 0 Å². The van der Waals surface area contributed by atoms with Crippen molar-refractivity contribution in [2.75, 3.05) is 0 Å². The van der Waals surface area contributed by atoms with E-state index in [1.165, 1.54) is 18.4 Å². The van der Waals surface area contributed by atoms with Crippen LogP contribution in [0.4, 0.5) is 0 Å². The molecule has 0 nitrogen and oxygen atoms in total. The highest BCUT2D eigenvalue weighted by Gasteiger charge is 2.20. The fourth-order valence-electron chi connectivity index (χ4n) is 2.32. The van der Waals surface area contributed by atoms with Gasteiger partial charge in [0, 0.05) is 0 Å². The van der Waals surface area contributed by atoms with E-state index in [-0.39, 0.29) is 0 Å². The molecule has 0 heteroatoms. The molecular formula is C13H16. The Hall–Kier alpha value is -1.04. The first-order valence-electron chi connectivity index (χ1n) is 4.99. The lowest BCUT2D eigenvalue weighted by atomic mass is 10.0. The Morgan fingerprint density at radius 2 is 2.31 bits per heavy atom. The van der Waals surface area contributed by atoms with Crippen LogP contribution in [0.5, 0.6) is 0 Å². The molecule has 1 aliphatic carbocycles. The summed E-state index contributed by atoms with van der Waals surface area (Å²) in [6, 6.07) is 6.66. The van der Waals surface area contributed by atoms with E-state index in [2.05, 4.69) is 31.7 Å². The van der Waals surface area contributed by atoms with Crippen molar-refractivity contribution in [1.82, 2.24) is 0 Å². The largest absolute Gasteiger partial charge is 0.103 e.